The number of hydrogen-bond donors (Lipinski definition) is 0. The standard InChI is InChI=1S/C19H17Cl2N5/c20-15-2-4-19-23-16(13-26(19)11-15)12-24-5-7-25(8-6-24)18-3-1-14(10-22)9-17(18)21/h1-4,9,11,13H,5-8,12H2. The van der Waals surface area contributed by atoms with E-state index in [1.807, 2.05) is 41.1 Å². The Balaban J connectivity index is 1.41. The van der Waals surface area contributed by atoms with Crippen LogP contribution in [0.1, 0.15) is 11.3 Å². The van der Waals surface area contributed by atoms with Crippen molar-refractivity contribution in [2.75, 3.05) is 31.1 Å². The predicted octanol–water partition coefficient (Wildman–Crippen LogP) is 3.83. The number of benzene rings is 1. The van der Waals surface area contributed by atoms with Crippen LogP contribution in [0.25, 0.3) is 5.65 Å². The van der Waals surface area contributed by atoms with E-state index in [9.17, 15) is 0 Å². The van der Waals surface area contributed by atoms with Crippen LogP contribution in [0.5, 0.6) is 0 Å². The van der Waals surface area contributed by atoms with Gasteiger partial charge < -0.3 is 9.30 Å². The first-order valence-corrected chi connectivity index (χ1v) is 9.18. The monoisotopic (exact) mass is 385 g/mol. The number of fused-ring (bicyclic) bond motifs is 1. The van der Waals surface area contributed by atoms with E-state index in [2.05, 4.69) is 20.9 Å². The largest absolute Gasteiger partial charge is 0.368 e. The molecule has 3 aromatic rings. The Morgan fingerprint density at radius 2 is 1.85 bits per heavy atom. The molecule has 0 atom stereocenters. The van der Waals surface area contributed by atoms with Gasteiger partial charge in [0.25, 0.3) is 0 Å². The van der Waals surface area contributed by atoms with Crippen LogP contribution in [0.15, 0.2) is 42.7 Å². The molecule has 7 heteroatoms. The van der Waals surface area contributed by atoms with Crippen LogP contribution in [0.4, 0.5) is 5.69 Å². The highest BCUT2D eigenvalue weighted by Gasteiger charge is 2.20. The second-order valence-electron chi connectivity index (χ2n) is 6.39. The number of halogens is 2. The fraction of sp³-hybridized carbons (Fsp3) is 0.263. The van der Waals surface area contributed by atoms with E-state index in [0.29, 0.717) is 15.6 Å². The lowest BCUT2D eigenvalue weighted by Gasteiger charge is -2.36. The Labute approximate surface area is 162 Å². The third-order valence-electron chi connectivity index (χ3n) is 4.64. The number of aromatic nitrogens is 2. The van der Waals surface area contributed by atoms with Crippen LogP contribution in [0.2, 0.25) is 10.0 Å². The first kappa shape index (κ1) is 17.2. The first-order valence-electron chi connectivity index (χ1n) is 8.42. The summed E-state index contributed by atoms with van der Waals surface area (Å²) in [5, 5.41) is 10.3. The van der Waals surface area contributed by atoms with Gasteiger partial charge in [-0.1, -0.05) is 23.2 Å². The molecule has 2 aromatic heterocycles. The molecule has 4 rings (SSSR count). The minimum atomic E-state index is 0.587. The van der Waals surface area contributed by atoms with Gasteiger partial charge in [0.2, 0.25) is 0 Å². The zero-order valence-corrected chi connectivity index (χ0v) is 15.6. The molecular formula is C19H17Cl2N5. The second-order valence-corrected chi connectivity index (χ2v) is 7.23. The van der Waals surface area contributed by atoms with Crippen molar-refractivity contribution in [3.8, 4) is 6.07 Å². The summed E-state index contributed by atoms with van der Waals surface area (Å²) in [6.45, 7) is 4.47. The zero-order valence-electron chi connectivity index (χ0n) is 14.1. The number of rotatable bonds is 3. The van der Waals surface area contributed by atoms with Gasteiger partial charge in [-0.15, -0.1) is 0 Å². The number of pyridine rings is 1. The number of piperazine rings is 1. The Morgan fingerprint density at radius 1 is 1.04 bits per heavy atom. The molecule has 0 spiro atoms. The van der Waals surface area contributed by atoms with Crippen LogP contribution in [0.3, 0.4) is 0 Å². The molecule has 0 amide bonds. The van der Waals surface area contributed by atoms with Crippen LogP contribution in [0, 0.1) is 11.3 Å². The van der Waals surface area contributed by atoms with Crippen molar-refractivity contribution in [1.29, 1.82) is 5.26 Å². The molecule has 1 fully saturated rings. The molecule has 1 saturated heterocycles. The van der Waals surface area contributed by atoms with Crippen molar-refractivity contribution in [2.45, 2.75) is 6.54 Å². The maximum Gasteiger partial charge on any atom is 0.137 e. The molecule has 0 N–H and O–H groups in total. The molecule has 132 valence electrons. The molecule has 26 heavy (non-hydrogen) atoms. The zero-order chi connectivity index (χ0) is 18.1. The van der Waals surface area contributed by atoms with E-state index in [4.69, 9.17) is 28.5 Å². The summed E-state index contributed by atoms with van der Waals surface area (Å²) in [5.41, 5.74) is 3.53. The molecule has 0 aliphatic carbocycles. The SMILES string of the molecule is N#Cc1ccc(N2CCN(Cc3cn4cc(Cl)ccc4n3)CC2)c(Cl)c1. The van der Waals surface area contributed by atoms with E-state index in [-0.39, 0.29) is 0 Å². The maximum absolute atomic E-state index is 8.96. The molecule has 0 saturated carbocycles. The maximum atomic E-state index is 8.96. The smallest absolute Gasteiger partial charge is 0.137 e. The fourth-order valence-corrected chi connectivity index (χ4v) is 3.77. The molecule has 1 aliphatic heterocycles. The number of nitriles is 1. The molecule has 1 aliphatic rings. The van der Waals surface area contributed by atoms with Gasteiger partial charge in [0.05, 0.1) is 33.1 Å². The highest BCUT2D eigenvalue weighted by Crippen LogP contribution is 2.28. The van der Waals surface area contributed by atoms with Gasteiger partial charge in [-0.3, -0.25) is 4.90 Å². The van der Waals surface area contributed by atoms with Crippen molar-refractivity contribution in [2.24, 2.45) is 0 Å². The van der Waals surface area contributed by atoms with Crippen molar-refractivity contribution in [1.82, 2.24) is 14.3 Å². The highest BCUT2D eigenvalue weighted by atomic mass is 35.5. The number of anilines is 1. The van der Waals surface area contributed by atoms with Gasteiger partial charge in [0.1, 0.15) is 5.65 Å². The lowest BCUT2D eigenvalue weighted by Crippen LogP contribution is -2.46. The minimum absolute atomic E-state index is 0.587. The fourth-order valence-electron chi connectivity index (χ4n) is 3.30. The minimum Gasteiger partial charge on any atom is -0.368 e. The van der Waals surface area contributed by atoms with E-state index >= 15 is 0 Å². The third-order valence-corrected chi connectivity index (χ3v) is 5.17. The van der Waals surface area contributed by atoms with Gasteiger partial charge in [0, 0.05) is 45.1 Å². The topological polar surface area (TPSA) is 47.6 Å². The quantitative estimate of drug-likeness (QED) is 0.687. The summed E-state index contributed by atoms with van der Waals surface area (Å²) in [4.78, 5) is 9.31. The van der Waals surface area contributed by atoms with Crippen molar-refractivity contribution in [3.63, 3.8) is 0 Å². The number of nitrogens with zero attached hydrogens (tertiary/aromatic N) is 5. The summed E-state index contributed by atoms with van der Waals surface area (Å²) in [6, 6.07) is 11.4. The molecule has 3 heterocycles. The average Bonchev–Trinajstić information content (AvgIpc) is 3.03. The third kappa shape index (κ3) is 3.49. The normalized spacial score (nSPS) is 15.3. The van der Waals surface area contributed by atoms with E-state index in [0.717, 1.165) is 49.8 Å². The summed E-state index contributed by atoms with van der Waals surface area (Å²) < 4.78 is 1.96. The van der Waals surface area contributed by atoms with E-state index < -0.39 is 0 Å². The number of hydrogen-bond acceptors (Lipinski definition) is 4. The molecule has 0 radical (unpaired) electrons. The molecule has 5 nitrogen and oxygen atoms in total. The van der Waals surface area contributed by atoms with Crippen molar-refractivity contribution >= 4 is 34.5 Å². The first-order chi connectivity index (χ1) is 12.6. The summed E-state index contributed by atoms with van der Waals surface area (Å²) in [6.07, 6.45) is 3.91. The Morgan fingerprint density at radius 3 is 2.58 bits per heavy atom. The van der Waals surface area contributed by atoms with Crippen molar-refractivity contribution in [3.05, 3.63) is 64.0 Å². The summed E-state index contributed by atoms with van der Waals surface area (Å²) in [5.74, 6) is 0. The Bertz CT molecular complexity index is 983. The average molecular weight is 386 g/mol. The number of imidazole rings is 1. The summed E-state index contributed by atoms with van der Waals surface area (Å²) >= 11 is 12.4. The summed E-state index contributed by atoms with van der Waals surface area (Å²) in [7, 11) is 0. The van der Waals surface area contributed by atoms with Crippen LogP contribution in [-0.4, -0.2) is 40.5 Å². The Kier molecular flexibility index (Phi) is 4.73. The highest BCUT2D eigenvalue weighted by molar-refractivity contribution is 6.33. The molecule has 1 aromatic carbocycles. The van der Waals surface area contributed by atoms with E-state index in [1.54, 1.807) is 6.07 Å². The lowest BCUT2D eigenvalue weighted by molar-refractivity contribution is 0.247. The van der Waals surface area contributed by atoms with Gasteiger partial charge in [0.15, 0.2) is 0 Å². The van der Waals surface area contributed by atoms with Crippen LogP contribution in [-0.2, 0) is 6.54 Å². The van der Waals surface area contributed by atoms with Crippen LogP contribution < -0.4 is 4.90 Å². The lowest BCUT2D eigenvalue weighted by atomic mass is 10.2. The van der Waals surface area contributed by atoms with Gasteiger partial charge in [-0.2, -0.15) is 5.26 Å². The van der Waals surface area contributed by atoms with Gasteiger partial charge in [-0.05, 0) is 30.3 Å². The predicted molar refractivity (Wildman–Crippen MR) is 104 cm³/mol. The molecular weight excluding hydrogens is 369 g/mol. The van der Waals surface area contributed by atoms with Gasteiger partial charge in [-0.25, -0.2) is 4.98 Å². The molecule has 0 bridgehead atoms. The Hall–Kier alpha value is -2.26. The van der Waals surface area contributed by atoms with E-state index in [1.165, 1.54) is 0 Å². The van der Waals surface area contributed by atoms with Crippen molar-refractivity contribution < 1.29 is 0 Å². The van der Waals surface area contributed by atoms with Gasteiger partial charge >= 0.3 is 0 Å². The molecule has 0 unspecified atom stereocenters. The van der Waals surface area contributed by atoms with Crippen LogP contribution >= 0.6 is 23.2 Å². The second kappa shape index (κ2) is 7.16.